The summed E-state index contributed by atoms with van der Waals surface area (Å²) in [6.45, 7) is 5.16. The Balaban J connectivity index is 2.98. The monoisotopic (exact) mass is 302 g/mol. The fourth-order valence-corrected chi connectivity index (χ4v) is 1.51. The van der Waals surface area contributed by atoms with Gasteiger partial charge in [0.15, 0.2) is 0 Å². The molecule has 1 unspecified atom stereocenters. The van der Waals surface area contributed by atoms with Crippen LogP contribution in [0.15, 0.2) is 22.7 Å². The van der Waals surface area contributed by atoms with Crippen molar-refractivity contribution in [1.29, 1.82) is 0 Å². The van der Waals surface area contributed by atoms with E-state index in [1.165, 1.54) is 12.1 Å². The van der Waals surface area contributed by atoms with Crippen LogP contribution >= 0.6 is 15.9 Å². The van der Waals surface area contributed by atoms with Crippen LogP contribution in [-0.4, -0.2) is 21.7 Å². The number of non-ortho nitro benzene ring substituents is 1. The molecular formula is C11H15BrN2O3. The normalized spacial score (nSPS) is 13.2. The van der Waals surface area contributed by atoms with Gasteiger partial charge in [0.2, 0.25) is 0 Å². The summed E-state index contributed by atoms with van der Waals surface area (Å²) in [4.78, 5) is 10.2. The molecule has 0 aromatic heterocycles. The molecule has 2 N–H and O–H groups in total. The number of rotatable bonds is 4. The maximum Gasteiger partial charge on any atom is 0.271 e. The van der Waals surface area contributed by atoms with Gasteiger partial charge in [-0.25, -0.2) is 0 Å². The van der Waals surface area contributed by atoms with Gasteiger partial charge in [0.25, 0.3) is 5.69 Å². The van der Waals surface area contributed by atoms with Crippen molar-refractivity contribution >= 4 is 27.3 Å². The average Bonchev–Trinajstić information content (AvgIpc) is 2.19. The van der Waals surface area contributed by atoms with E-state index >= 15 is 0 Å². The van der Waals surface area contributed by atoms with E-state index in [1.807, 2.05) is 6.92 Å². The molecule has 1 aromatic rings. The van der Waals surface area contributed by atoms with E-state index in [4.69, 9.17) is 0 Å². The summed E-state index contributed by atoms with van der Waals surface area (Å²) >= 11 is 3.31. The first-order chi connectivity index (χ1) is 7.71. The molecule has 0 aliphatic heterocycles. The number of benzene rings is 1. The van der Waals surface area contributed by atoms with Crippen molar-refractivity contribution in [2.75, 3.05) is 5.32 Å². The summed E-state index contributed by atoms with van der Waals surface area (Å²) < 4.78 is 0.721. The summed E-state index contributed by atoms with van der Waals surface area (Å²) in [7, 11) is 0. The van der Waals surface area contributed by atoms with Crippen molar-refractivity contribution in [3.8, 4) is 0 Å². The molecule has 1 aromatic carbocycles. The second-order valence-corrected chi connectivity index (χ2v) is 5.30. The number of aliphatic hydroxyl groups is 1. The van der Waals surface area contributed by atoms with Crippen LogP contribution in [0.3, 0.4) is 0 Å². The molecule has 0 saturated carbocycles. The molecule has 0 bridgehead atoms. The zero-order chi connectivity index (χ0) is 13.2. The molecule has 6 heteroatoms. The van der Waals surface area contributed by atoms with Crippen LogP contribution in [0.2, 0.25) is 0 Å². The lowest BCUT2D eigenvalue weighted by Gasteiger charge is -2.28. The molecule has 94 valence electrons. The number of nitrogens with zero attached hydrogens (tertiary/aromatic N) is 1. The van der Waals surface area contributed by atoms with Gasteiger partial charge in [-0.3, -0.25) is 10.1 Å². The molecule has 1 rings (SSSR count). The SMILES string of the molecule is CC(Nc1cc([N+](=O)[O-])ccc1Br)C(C)(C)O. The third-order valence-corrected chi connectivity index (χ3v) is 3.28. The van der Waals surface area contributed by atoms with Crippen LogP contribution in [-0.2, 0) is 0 Å². The van der Waals surface area contributed by atoms with E-state index in [0.29, 0.717) is 5.69 Å². The van der Waals surface area contributed by atoms with Gasteiger partial charge < -0.3 is 10.4 Å². The maximum absolute atomic E-state index is 10.7. The van der Waals surface area contributed by atoms with Crippen molar-refractivity contribution in [1.82, 2.24) is 0 Å². The first-order valence-corrected chi connectivity index (χ1v) is 5.94. The molecule has 0 aliphatic carbocycles. The molecular weight excluding hydrogens is 288 g/mol. The first-order valence-electron chi connectivity index (χ1n) is 5.14. The van der Waals surface area contributed by atoms with Gasteiger partial charge in [-0.2, -0.15) is 0 Å². The van der Waals surface area contributed by atoms with Gasteiger partial charge in [-0.15, -0.1) is 0 Å². The zero-order valence-electron chi connectivity index (χ0n) is 9.90. The summed E-state index contributed by atoms with van der Waals surface area (Å²) in [6.07, 6.45) is 0. The highest BCUT2D eigenvalue weighted by molar-refractivity contribution is 9.10. The van der Waals surface area contributed by atoms with Crippen LogP contribution in [0.5, 0.6) is 0 Å². The highest BCUT2D eigenvalue weighted by atomic mass is 79.9. The molecule has 17 heavy (non-hydrogen) atoms. The van der Waals surface area contributed by atoms with Crippen molar-refractivity contribution in [2.45, 2.75) is 32.4 Å². The van der Waals surface area contributed by atoms with E-state index in [2.05, 4.69) is 21.2 Å². The van der Waals surface area contributed by atoms with E-state index in [0.717, 1.165) is 4.47 Å². The molecule has 0 radical (unpaired) electrons. The lowest BCUT2D eigenvalue weighted by atomic mass is 10.0. The Morgan fingerprint density at radius 3 is 2.59 bits per heavy atom. The van der Waals surface area contributed by atoms with E-state index < -0.39 is 10.5 Å². The predicted molar refractivity (Wildman–Crippen MR) is 70.2 cm³/mol. The van der Waals surface area contributed by atoms with Gasteiger partial charge in [-0.05, 0) is 42.8 Å². The van der Waals surface area contributed by atoms with E-state index in [9.17, 15) is 15.2 Å². The Morgan fingerprint density at radius 2 is 2.12 bits per heavy atom. The minimum absolute atomic E-state index is 0.0126. The fraction of sp³-hybridized carbons (Fsp3) is 0.455. The number of halogens is 1. The van der Waals surface area contributed by atoms with Gasteiger partial charge >= 0.3 is 0 Å². The Bertz CT molecular complexity index is 429. The molecule has 1 atom stereocenters. The molecule has 5 nitrogen and oxygen atoms in total. The minimum atomic E-state index is -0.913. The Labute approximate surface area is 108 Å². The summed E-state index contributed by atoms with van der Waals surface area (Å²) in [6, 6.07) is 4.23. The van der Waals surface area contributed by atoms with E-state index in [-0.39, 0.29) is 11.7 Å². The standard InChI is InChI=1S/C11H15BrN2O3/c1-7(11(2,3)15)13-10-6-8(14(16)17)4-5-9(10)12/h4-7,13,15H,1-3H3. The number of nitrogens with one attached hydrogen (secondary N) is 1. The molecule has 0 spiro atoms. The van der Waals surface area contributed by atoms with Crippen LogP contribution in [0, 0.1) is 10.1 Å². The van der Waals surface area contributed by atoms with Crippen molar-refractivity contribution < 1.29 is 10.0 Å². The van der Waals surface area contributed by atoms with Gasteiger partial charge in [0, 0.05) is 16.6 Å². The average molecular weight is 303 g/mol. The maximum atomic E-state index is 10.7. The summed E-state index contributed by atoms with van der Waals surface area (Å²) in [5, 5.41) is 23.5. The fourth-order valence-electron chi connectivity index (χ4n) is 1.15. The minimum Gasteiger partial charge on any atom is -0.388 e. The second-order valence-electron chi connectivity index (χ2n) is 4.44. The number of nitro benzene ring substituents is 1. The Hall–Kier alpha value is -1.14. The van der Waals surface area contributed by atoms with Crippen LogP contribution in [0.4, 0.5) is 11.4 Å². The molecule has 0 heterocycles. The van der Waals surface area contributed by atoms with Crippen LogP contribution < -0.4 is 5.32 Å². The predicted octanol–water partition coefficient (Wildman–Crippen LogP) is 2.93. The van der Waals surface area contributed by atoms with Crippen molar-refractivity contribution in [3.05, 3.63) is 32.8 Å². The lowest BCUT2D eigenvalue weighted by Crippen LogP contribution is -2.39. The molecule has 0 saturated heterocycles. The highest BCUT2D eigenvalue weighted by Gasteiger charge is 2.23. The first kappa shape index (κ1) is 13.9. The van der Waals surface area contributed by atoms with Gasteiger partial charge in [0.1, 0.15) is 0 Å². The number of hydrogen-bond donors (Lipinski definition) is 2. The third-order valence-electron chi connectivity index (χ3n) is 2.59. The smallest absolute Gasteiger partial charge is 0.271 e. The van der Waals surface area contributed by atoms with Crippen molar-refractivity contribution in [3.63, 3.8) is 0 Å². The lowest BCUT2D eigenvalue weighted by molar-refractivity contribution is -0.384. The Kier molecular flexibility index (Phi) is 4.11. The van der Waals surface area contributed by atoms with Crippen LogP contribution in [0.25, 0.3) is 0 Å². The number of nitro groups is 1. The molecule has 0 aliphatic rings. The van der Waals surface area contributed by atoms with Gasteiger partial charge in [0.05, 0.1) is 22.3 Å². The Morgan fingerprint density at radius 1 is 1.53 bits per heavy atom. The van der Waals surface area contributed by atoms with Crippen molar-refractivity contribution in [2.24, 2.45) is 0 Å². The number of hydrogen-bond acceptors (Lipinski definition) is 4. The summed E-state index contributed by atoms with van der Waals surface area (Å²) in [5.74, 6) is 0. The van der Waals surface area contributed by atoms with E-state index in [1.54, 1.807) is 19.9 Å². The third kappa shape index (κ3) is 3.67. The molecule has 0 fully saturated rings. The quantitative estimate of drug-likeness (QED) is 0.662. The van der Waals surface area contributed by atoms with Gasteiger partial charge in [-0.1, -0.05) is 0 Å². The largest absolute Gasteiger partial charge is 0.388 e. The number of anilines is 1. The zero-order valence-corrected chi connectivity index (χ0v) is 11.5. The topological polar surface area (TPSA) is 75.4 Å². The second kappa shape index (κ2) is 5.01. The highest BCUT2D eigenvalue weighted by Crippen LogP contribution is 2.28. The summed E-state index contributed by atoms with van der Waals surface area (Å²) in [5.41, 5.74) is -0.308. The van der Waals surface area contributed by atoms with Crippen LogP contribution in [0.1, 0.15) is 20.8 Å². The molecule has 0 amide bonds.